The summed E-state index contributed by atoms with van der Waals surface area (Å²) in [4.78, 5) is 16.7. The van der Waals surface area contributed by atoms with Gasteiger partial charge in [0.1, 0.15) is 5.54 Å². The van der Waals surface area contributed by atoms with E-state index in [0.29, 0.717) is 50.3 Å². The second kappa shape index (κ2) is 6.98. The van der Waals surface area contributed by atoms with Crippen molar-refractivity contribution in [3.63, 3.8) is 0 Å². The van der Waals surface area contributed by atoms with Gasteiger partial charge in [0.05, 0.1) is 31.0 Å². The number of hydrogen-bond donors (Lipinski definition) is 1. The van der Waals surface area contributed by atoms with Crippen LogP contribution in [0.25, 0.3) is 0 Å². The monoisotopic (exact) mass is 345 g/mol. The molecule has 0 bridgehead atoms. The first kappa shape index (κ1) is 17.6. The van der Waals surface area contributed by atoms with Crippen molar-refractivity contribution in [2.75, 3.05) is 13.2 Å². The molecule has 0 unspecified atom stereocenters. The summed E-state index contributed by atoms with van der Waals surface area (Å²) in [6, 6.07) is 5.58. The van der Waals surface area contributed by atoms with Crippen LogP contribution in [-0.2, 0) is 9.47 Å². The molecule has 1 saturated heterocycles. The molecule has 2 heterocycles. The summed E-state index contributed by atoms with van der Waals surface area (Å²) in [5.41, 5.74) is -0.496. The predicted octanol–water partition coefficient (Wildman–Crippen LogP) is 2.18. The van der Waals surface area contributed by atoms with Crippen molar-refractivity contribution in [1.82, 2.24) is 10.3 Å². The van der Waals surface area contributed by atoms with Crippen molar-refractivity contribution < 1.29 is 19.0 Å². The van der Waals surface area contributed by atoms with Crippen molar-refractivity contribution in [2.24, 2.45) is 0 Å². The molecular weight excluding hydrogens is 322 g/mol. The van der Waals surface area contributed by atoms with Crippen molar-refractivity contribution in [3.05, 3.63) is 23.9 Å². The van der Waals surface area contributed by atoms with Crippen molar-refractivity contribution in [2.45, 2.75) is 57.0 Å². The van der Waals surface area contributed by atoms with Gasteiger partial charge in [0.25, 0.3) is 5.91 Å². The quantitative estimate of drug-likeness (QED) is 0.899. The molecule has 7 nitrogen and oxygen atoms in total. The third-order valence-electron chi connectivity index (χ3n) is 4.60. The molecule has 25 heavy (non-hydrogen) atoms. The number of nitrogens with zero attached hydrogens (tertiary/aromatic N) is 2. The standard InChI is InChI=1S/C18H23N3O4/c1-13(2)25-15-4-3-14(11-20-15)16(22)21-17(12-19)5-7-18(8-6-17)23-9-10-24-18/h3-4,11,13H,5-10H2,1-2H3,(H,21,22). The Morgan fingerprint density at radius 1 is 1.28 bits per heavy atom. The van der Waals surface area contributed by atoms with E-state index >= 15 is 0 Å². The Morgan fingerprint density at radius 2 is 1.96 bits per heavy atom. The van der Waals surface area contributed by atoms with E-state index in [0.717, 1.165) is 0 Å². The Kier molecular flexibility index (Phi) is 4.93. The molecule has 1 aliphatic heterocycles. The lowest BCUT2D eigenvalue weighted by Crippen LogP contribution is -2.53. The van der Waals surface area contributed by atoms with Gasteiger partial charge >= 0.3 is 0 Å². The number of nitriles is 1. The van der Waals surface area contributed by atoms with Gasteiger partial charge in [0.15, 0.2) is 5.79 Å². The predicted molar refractivity (Wildman–Crippen MR) is 88.9 cm³/mol. The van der Waals surface area contributed by atoms with Gasteiger partial charge in [-0.25, -0.2) is 4.98 Å². The molecule has 3 rings (SSSR count). The second-order valence-electron chi connectivity index (χ2n) is 6.81. The number of amides is 1. The molecule has 0 radical (unpaired) electrons. The summed E-state index contributed by atoms with van der Waals surface area (Å²) in [6.45, 7) is 4.99. The van der Waals surface area contributed by atoms with E-state index in [-0.39, 0.29) is 12.0 Å². The van der Waals surface area contributed by atoms with Crippen molar-refractivity contribution in [1.29, 1.82) is 5.26 Å². The summed E-state index contributed by atoms with van der Waals surface area (Å²) in [5, 5.41) is 12.5. The molecule has 1 aliphatic carbocycles. The third kappa shape index (κ3) is 3.91. The maximum absolute atomic E-state index is 12.5. The van der Waals surface area contributed by atoms with Crippen LogP contribution < -0.4 is 10.1 Å². The van der Waals surface area contributed by atoms with Crippen LogP contribution in [0.1, 0.15) is 49.9 Å². The molecule has 1 spiro atoms. The lowest BCUT2D eigenvalue weighted by atomic mass is 9.79. The zero-order chi connectivity index (χ0) is 17.9. The van der Waals surface area contributed by atoms with Crippen LogP contribution in [0.5, 0.6) is 5.88 Å². The van der Waals surface area contributed by atoms with Gasteiger partial charge < -0.3 is 19.5 Å². The van der Waals surface area contributed by atoms with E-state index in [9.17, 15) is 10.1 Å². The minimum atomic E-state index is -0.898. The summed E-state index contributed by atoms with van der Waals surface area (Å²) < 4.78 is 16.8. The normalized spacial score (nSPS) is 21.0. The number of ether oxygens (including phenoxy) is 3. The van der Waals surface area contributed by atoms with Crippen LogP contribution in [0.3, 0.4) is 0 Å². The molecule has 1 aromatic rings. The zero-order valence-corrected chi connectivity index (χ0v) is 14.6. The molecule has 0 aromatic carbocycles. The molecule has 1 N–H and O–H groups in total. The van der Waals surface area contributed by atoms with Crippen molar-refractivity contribution in [3.8, 4) is 11.9 Å². The van der Waals surface area contributed by atoms with E-state index in [1.807, 2.05) is 13.8 Å². The lowest BCUT2D eigenvalue weighted by molar-refractivity contribution is -0.182. The molecule has 1 saturated carbocycles. The number of pyridine rings is 1. The summed E-state index contributed by atoms with van der Waals surface area (Å²) >= 11 is 0. The van der Waals surface area contributed by atoms with Crippen LogP contribution in [-0.4, -0.2) is 41.5 Å². The minimum absolute atomic E-state index is 0.0172. The van der Waals surface area contributed by atoms with Gasteiger partial charge in [-0.1, -0.05) is 0 Å². The fourth-order valence-corrected chi connectivity index (χ4v) is 3.22. The van der Waals surface area contributed by atoms with Crippen LogP contribution in [0.15, 0.2) is 18.3 Å². The lowest BCUT2D eigenvalue weighted by Gasteiger charge is -2.40. The zero-order valence-electron chi connectivity index (χ0n) is 14.6. The van der Waals surface area contributed by atoms with E-state index in [2.05, 4.69) is 16.4 Å². The molecule has 1 amide bonds. The Morgan fingerprint density at radius 3 is 2.48 bits per heavy atom. The number of nitrogens with one attached hydrogen (secondary N) is 1. The summed E-state index contributed by atoms with van der Waals surface area (Å²) in [5.74, 6) is -0.409. The highest BCUT2D eigenvalue weighted by molar-refractivity contribution is 5.94. The number of carbonyl (C=O) groups excluding carboxylic acids is 1. The Hall–Kier alpha value is -2.17. The highest BCUT2D eigenvalue weighted by Gasteiger charge is 2.47. The van der Waals surface area contributed by atoms with Crippen molar-refractivity contribution >= 4 is 5.91 Å². The summed E-state index contributed by atoms with van der Waals surface area (Å²) in [7, 11) is 0. The molecule has 2 fully saturated rings. The molecule has 2 aliphatic rings. The SMILES string of the molecule is CC(C)Oc1ccc(C(=O)NC2(C#N)CCC3(CC2)OCCO3)cn1. The fourth-order valence-electron chi connectivity index (χ4n) is 3.22. The highest BCUT2D eigenvalue weighted by Crippen LogP contribution is 2.40. The summed E-state index contributed by atoms with van der Waals surface area (Å²) in [6.07, 6.45) is 3.67. The highest BCUT2D eigenvalue weighted by atomic mass is 16.7. The average molecular weight is 345 g/mol. The van der Waals surface area contributed by atoms with Gasteiger partial charge in [0.2, 0.25) is 5.88 Å². The van der Waals surface area contributed by atoms with E-state index < -0.39 is 11.3 Å². The Bertz CT molecular complexity index is 650. The van der Waals surface area contributed by atoms with Gasteiger partial charge in [-0.2, -0.15) is 5.26 Å². The molecule has 0 atom stereocenters. The van der Waals surface area contributed by atoms with E-state index in [4.69, 9.17) is 14.2 Å². The van der Waals surface area contributed by atoms with Gasteiger partial charge in [0, 0.05) is 25.1 Å². The molecule has 1 aromatic heterocycles. The van der Waals surface area contributed by atoms with E-state index in [1.54, 1.807) is 12.1 Å². The third-order valence-corrected chi connectivity index (χ3v) is 4.60. The van der Waals surface area contributed by atoms with Crippen LogP contribution in [0.4, 0.5) is 0 Å². The van der Waals surface area contributed by atoms with E-state index in [1.165, 1.54) is 6.20 Å². The second-order valence-corrected chi connectivity index (χ2v) is 6.81. The molecular formula is C18H23N3O4. The van der Waals surface area contributed by atoms with Crippen LogP contribution in [0, 0.1) is 11.3 Å². The number of rotatable bonds is 4. The Labute approximate surface area is 147 Å². The maximum atomic E-state index is 12.5. The maximum Gasteiger partial charge on any atom is 0.254 e. The van der Waals surface area contributed by atoms with Gasteiger partial charge in [-0.15, -0.1) is 0 Å². The average Bonchev–Trinajstić information content (AvgIpc) is 3.06. The largest absolute Gasteiger partial charge is 0.475 e. The van der Waals surface area contributed by atoms with Gasteiger partial charge in [-0.3, -0.25) is 4.79 Å². The molecule has 7 heteroatoms. The topological polar surface area (TPSA) is 93.5 Å². The van der Waals surface area contributed by atoms with Crippen LogP contribution >= 0.6 is 0 Å². The number of carbonyl (C=O) groups is 1. The van der Waals surface area contributed by atoms with Crippen LogP contribution in [0.2, 0.25) is 0 Å². The first-order valence-electron chi connectivity index (χ1n) is 8.60. The molecule has 134 valence electrons. The first-order chi connectivity index (χ1) is 12.0. The first-order valence-corrected chi connectivity index (χ1v) is 8.60. The fraction of sp³-hybridized carbons (Fsp3) is 0.611. The number of aromatic nitrogens is 1. The van der Waals surface area contributed by atoms with Gasteiger partial charge in [-0.05, 0) is 32.8 Å². The Balaban J connectivity index is 1.64. The minimum Gasteiger partial charge on any atom is -0.475 e. The number of hydrogen-bond acceptors (Lipinski definition) is 6. The smallest absolute Gasteiger partial charge is 0.254 e.